The summed E-state index contributed by atoms with van der Waals surface area (Å²) in [7, 11) is 1.99. The maximum Gasteiger partial charge on any atom is 0.224 e. The number of hydrogen-bond donors (Lipinski definition) is 2. The Hall–Kier alpha value is -1.71. The van der Waals surface area contributed by atoms with E-state index in [4.69, 9.17) is 5.73 Å². The third-order valence-electron chi connectivity index (χ3n) is 3.03. The third kappa shape index (κ3) is 1.83. The third-order valence-corrected chi connectivity index (χ3v) is 3.03. The van der Waals surface area contributed by atoms with Crippen LogP contribution >= 0.6 is 0 Å². The van der Waals surface area contributed by atoms with Crippen molar-refractivity contribution in [1.82, 2.24) is 0 Å². The van der Waals surface area contributed by atoms with E-state index in [1.165, 1.54) is 0 Å². The molecule has 0 saturated heterocycles. The fraction of sp³-hybridized carbons (Fsp3) is 0.417. The van der Waals surface area contributed by atoms with Gasteiger partial charge in [-0.05, 0) is 31.0 Å². The van der Waals surface area contributed by atoms with E-state index in [0.29, 0.717) is 6.42 Å². The molecule has 0 fully saturated rings. The Morgan fingerprint density at radius 1 is 1.44 bits per heavy atom. The molecule has 0 aliphatic carbocycles. The zero-order valence-electron chi connectivity index (χ0n) is 9.71. The molecule has 0 bridgehead atoms. The van der Waals surface area contributed by atoms with Gasteiger partial charge in [-0.2, -0.15) is 0 Å². The van der Waals surface area contributed by atoms with Crippen LogP contribution in [0.4, 0.5) is 17.1 Å². The lowest BCUT2D eigenvalue weighted by Gasteiger charge is -2.24. The topological polar surface area (TPSA) is 58.4 Å². The molecular weight excluding hydrogens is 202 g/mol. The van der Waals surface area contributed by atoms with Crippen LogP contribution in [0.1, 0.15) is 18.9 Å². The van der Waals surface area contributed by atoms with E-state index in [1.807, 2.05) is 19.2 Å². The molecule has 0 radical (unpaired) electrons. The maximum atomic E-state index is 11.3. The van der Waals surface area contributed by atoms with E-state index in [1.54, 1.807) is 0 Å². The lowest BCUT2D eigenvalue weighted by Crippen LogP contribution is -2.22. The SMILES string of the molecule is CCN(C)c1cc2c(cc1N)CCC(=O)N2. The number of nitrogen functional groups attached to an aromatic ring is 1. The number of amides is 1. The van der Waals surface area contributed by atoms with Crippen molar-refractivity contribution in [3.8, 4) is 0 Å². The zero-order valence-corrected chi connectivity index (χ0v) is 9.71. The van der Waals surface area contributed by atoms with E-state index in [2.05, 4.69) is 17.1 Å². The number of aryl methyl sites for hydroxylation is 1. The van der Waals surface area contributed by atoms with Crippen LogP contribution in [0.5, 0.6) is 0 Å². The highest BCUT2D eigenvalue weighted by atomic mass is 16.1. The Morgan fingerprint density at radius 3 is 2.88 bits per heavy atom. The summed E-state index contributed by atoms with van der Waals surface area (Å²) >= 11 is 0. The number of carbonyl (C=O) groups excluding carboxylic acids is 1. The molecule has 0 spiro atoms. The van der Waals surface area contributed by atoms with Gasteiger partial charge in [-0.1, -0.05) is 0 Å². The summed E-state index contributed by atoms with van der Waals surface area (Å²) in [5, 5.41) is 2.89. The number of nitrogens with one attached hydrogen (secondary N) is 1. The van der Waals surface area contributed by atoms with Crippen molar-refractivity contribution in [2.75, 3.05) is 29.5 Å². The number of fused-ring (bicyclic) bond motifs is 1. The van der Waals surface area contributed by atoms with Crippen LogP contribution in [-0.2, 0) is 11.2 Å². The number of carbonyl (C=O) groups is 1. The van der Waals surface area contributed by atoms with Crippen molar-refractivity contribution in [1.29, 1.82) is 0 Å². The molecule has 16 heavy (non-hydrogen) atoms. The van der Waals surface area contributed by atoms with Gasteiger partial charge in [0.15, 0.2) is 0 Å². The van der Waals surface area contributed by atoms with E-state index in [0.717, 1.165) is 35.6 Å². The Bertz CT molecular complexity index is 429. The van der Waals surface area contributed by atoms with Crippen LogP contribution in [0.15, 0.2) is 12.1 Å². The van der Waals surface area contributed by atoms with E-state index in [9.17, 15) is 4.79 Å². The molecule has 1 aromatic carbocycles. The van der Waals surface area contributed by atoms with Crippen LogP contribution in [0.25, 0.3) is 0 Å². The molecule has 1 aliphatic heterocycles. The number of nitrogens with zero attached hydrogens (tertiary/aromatic N) is 1. The number of nitrogens with two attached hydrogens (primary N) is 1. The van der Waals surface area contributed by atoms with Crippen molar-refractivity contribution in [2.24, 2.45) is 0 Å². The lowest BCUT2D eigenvalue weighted by atomic mass is 10.0. The Kier molecular flexibility index (Phi) is 2.73. The van der Waals surface area contributed by atoms with Crippen molar-refractivity contribution in [3.05, 3.63) is 17.7 Å². The predicted molar refractivity (Wildman–Crippen MR) is 66.7 cm³/mol. The molecule has 0 aromatic heterocycles. The highest BCUT2D eigenvalue weighted by Gasteiger charge is 2.17. The highest BCUT2D eigenvalue weighted by Crippen LogP contribution is 2.32. The predicted octanol–water partition coefficient (Wildman–Crippen LogP) is 1.61. The number of benzene rings is 1. The molecule has 4 nitrogen and oxygen atoms in total. The molecule has 2 rings (SSSR count). The molecule has 0 atom stereocenters. The summed E-state index contributed by atoms with van der Waals surface area (Å²) in [5.74, 6) is 0.0855. The molecule has 0 unspecified atom stereocenters. The molecule has 0 saturated carbocycles. The first-order chi connectivity index (χ1) is 7.61. The highest BCUT2D eigenvalue weighted by molar-refractivity contribution is 5.95. The van der Waals surface area contributed by atoms with Gasteiger partial charge in [0.25, 0.3) is 0 Å². The molecular formula is C12H17N3O. The first-order valence-electron chi connectivity index (χ1n) is 5.55. The van der Waals surface area contributed by atoms with Crippen LogP contribution in [0.2, 0.25) is 0 Å². The average Bonchev–Trinajstić information content (AvgIpc) is 2.28. The van der Waals surface area contributed by atoms with Gasteiger partial charge in [0.2, 0.25) is 5.91 Å². The molecule has 1 heterocycles. The number of anilines is 3. The molecule has 4 heteroatoms. The van der Waals surface area contributed by atoms with Crippen LogP contribution < -0.4 is 16.0 Å². The Morgan fingerprint density at radius 2 is 2.19 bits per heavy atom. The monoisotopic (exact) mass is 219 g/mol. The second-order valence-electron chi connectivity index (χ2n) is 4.13. The largest absolute Gasteiger partial charge is 0.397 e. The van der Waals surface area contributed by atoms with E-state index >= 15 is 0 Å². The lowest BCUT2D eigenvalue weighted by molar-refractivity contribution is -0.116. The van der Waals surface area contributed by atoms with Gasteiger partial charge in [-0.15, -0.1) is 0 Å². The van der Waals surface area contributed by atoms with Gasteiger partial charge >= 0.3 is 0 Å². The molecule has 1 aliphatic rings. The fourth-order valence-electron chi connectivity index (χ4n) is 1.94. The van der Waals surface area contributed by atoms with Crippen molar-refractivity contribution < 1.29 is 4.79 Å². The standard InChI is InChI=1S/C12H17N3O/c1-3-15(2)11-7-10-8(6-9(11)13)4-5-12(16)14-10/h6-7H,3-5,13H2,1-2H3,(H,14,16). The van der Waals surface area contributed by atoms with Crippen LogP contribution in [0.3, 0.4) is 0 Å². The zero-order chi connectivity index (χ0) is 11.7. The number of hydrogen-bond acceptors (Lipinski definition) is 3. The van der Waals surface area contributed by atoms with Gasteiger partial charge in [-0.3, -0.25) is 4.79 Å². The van der Waals surface area contributed by atoms with Gasteiger partial charge in [-0.25, -0.2) is 0 Å². The summed E-state index contributed by atoms with van der Waals surface area (Å²) in [6, 6.07) is 3.93. The average molecular weight is 219 g/mol. The van der Waals surface area contributed by atoms with E-state index < -0.39 is 0 Å². The van der Waals surface area contributed by atoms with Crippen LogP contribution in [0, 0.1) is 0 Å². The van der Waals surface area contributed by atoms with Gasteiger partial charge in [0.05, 0.1) is 11.4 Å². The van der Waals surface area contributed by atoms with Crippen molar-refractivity contribution in [2.45, 2.75) is 19.8 Å². The summed E-state index contributed by atoms with van der Waals surface area (Å²) in [6.07, 6.45) is 1.33. The minimum atomic E-state index is 0.0855. The second-order valence-corrected chi connectivity index (χ2v) is 4.13. The smallest absolute Gasteiger partial charge is 0.224 e. The normalized spacial score (nSPS) is 14.2. The molecule has 3 N–H and O–H groups in total. The first kappa shape index (κ1) is 10.8. The maximum absolute atomic E-state index is 11.3. The minimum absolute atomic E-state index is 0.0855. The Labute approximate surface area is 95.4 Å². The molecule has 1 aromatic rings. The van der Waals surface area contributed by atoms with Gasteiger partial charge < -0.3 is 16.0 Å². The number of rotatable bonds is 2. The quantitative estimate of drug-likeness (QED) is 0.743. The summed E-state index contributed by atoms with van der Waals surface area (Å²) in [6.45, 7) is 2.95. The van der Waals surface area contributed by atoms with E-state index in [-0.39, 0.29) is 5.91 Å². The minimum Gasteiger partial charge on any atom is -0.397 e. The van der Waals surface area contributed by atoms with Crippen molar-refractivity contribution in [3.63, 3.8) is 0 Å². The Balaban J connectivity index is 2.42. The van der Waals surface area contributed by atoms with Crippen molar-refractivity contribution >= 4 is 23.0 Å². The summed E-state index contributed by atoms with van der Waals surface area (Å²) in [4.78, 5) is 13.4. The molecule has 1 amide bonds. The first-order valence-corrected chi connectivity index (χ1v) is 5.55. The molecule has 86 valence electrons. The second kappa shape index (κ2) is 4.04. The van der Waals surface area contributed by atoms with Gasteiger partial charge in [0.1, 0.15) is 0 Å². The fourth-order valence-corrected chi connectivity index (χ4v) is 1.94. The van der Waals surface area contributed by atoms with Gasteiger partial charge in [0, 0.05) is 25.7 Å². The summed E-state index contributed by atoms with van der Waals surface area (Å²) in [5.41, 5.74) is 9.79. The summed E-state index contributed by atoms with van der Waals surface area (Å²) < 4.78 is 0. The van der Waals surface area contributed by atoms with Crippen LogP contribution in [-0.4, -0.2) is 19.5 Å².